The molecule has 0 amide bonds. The smallest absolute Gasteiger partial charge is 0.394 e. The van der Waals surface area contributed by atoms with Crippen molar-refractivity contribution < 1.29 is 18.1 Å². The van der Waals surface area contributed by atoms with Crippen molar-refractivity contribution in [3.05, 3.63) is 0 Å². The van der Waals surface area contributed by atoms with E-state index >= 15 is 0 Å². The lowest BCUT2D eigenvalue weighted by atomic mass is 10.0. The van der Waals surface area contributed by atoms with Crippen LogP contribution in [-0.4, -0.2) is 33.6 Å². The summed E-state index contributed by atoms with van der Waals surface area (Å²) in [7, 11) is -5.82. The Morgan fingerprint density at radius 2 is 1.82 bits per heavy atom. The van der Waals surface area contributed by atoms with Crippen LogP contribution < -0.4 is 0 Å². The SMILES string of the molecule is C[Si](O)(O)O[Si]1(C2CCCCC2)CCCCO1. The summed E-state index contributed by atoms with van der Waals surface area (Å²) in [5.41, 5.74) is 0.475. The molecule has 2 rings (SSSR count). The van der Waals surface area contributed by atoms with Gasteiger partial charge in [0.15, 0.2) is 0 Å². The van der Waals surface area contributed by atoms with Crippen LogP contribution in [0.3, 0.4) is 0 Å². The molecule has 2 fully saturated rings. The second-order valence-corrected chi connectivity index (χ2v) is 11.4. The molecule has 0 radical (unpaired) electrons. The standard InChI is InChI=1S/C11H24O4Si2/c1-16(12,13)15-17(10-6-5-9-14-17)11-7-3-2-4-8-11/h11-13H,2-10H2,1H3. The van der Waals surface area contributed by atoms with Gasteiger partial charge in [-0.15, -0.1) is 0 Å². The third kappa shape index (κ3) is 3.62. The molecule has 0 aromatic heterocycles. The van der Waals surface area contributed by atoms with Gasteiger partial charge in [0.05, 0.1) is 0 Å². The Bertz CT molecular complexity index is 242. The Morgan fingerprint density at radius 3 is 2.35 bits per heavy atom. The summed E-state index contributed by atoms with van der Waals surface area (Å²) in [6, 6.07) is 0.946. The summed E-state index contributed by atoms with van der Waals surface area (Å²) < 4.78 is 11.8. The molecule has 2 aliphatic rings. The monoisotopic (exact) mass is 276 g/mol. The largest absolute Gasteiger partial charge is 0.483 e. The van der Waals surface area contributed by atoms with Crippen molar-refractivity contribution in [2.45, 2.75) is 63.1 Å². The minimum absolute atomic E-state index is 0.475. The van der Waals surface area contributed by atoms with Gasteiger partial charge in [0.25, 0.3) is 0 Å². The summed E-state index contributed by atoms with van der Waals surface area (Å²) in [5, 5.41) is 0. The van der Waals surface area contributed by atoms with Crippen molar-refractivity contribution in [1.29, 1.82) is 0 Å². The summed E-state index contributed by atoms with van der Waals surface area (Å²) in [5.74, 6) is 0. The normalized spacial score (nSPS) is 32.6. The average Bonchev–Trinajstić information content (AvgIpc) is 2.29. The third-order valence-electron chi connectivity index (χ3n) is 3.86. The second kappa shape index (κ2) is 5.50. The van der Waals surface area contributed by atoms with Crippen LogP contribution in [0.2, 0.25) is 18.1 Å². The minimum Gasteiger partial charge on any atom is -0.394 e. The van der Waals surface area contributed by atoms with Crippen molar-refractivity contribution in [3.8, 4) is 0 Å². The molecule has 2 N–H and O–H groups in total. The third-order valence-corrected chi connectivity index (χ3v) is 10.4. The maximum Gasteiger partial charge on any atom is 0.483 e. The van der Waals surface area contributed by atoms with Gasteiger partial charge < -0.3 is 18.1 Å². The highest BCUT2D eigenvalue weighted by atomic mass is 28.5. The lowest BCUT2D eigenvalue weighted by Gasteiger charge is -2.43. The average molecular weight is 276 g/mol. The van der Waals surface area contributed by atoms with Gasteiger partial charge in [-0.2, -0.15) is 0 Å². The molecule has 6 heteroatoms. The van der Waals surface area contributed by atoms with Gasteiger partial charge in [0.1, 0.15) is 0 Å². The first-order valence-corrected chi connectivity index (χ1v) is 11.2. The maximum atomic E-state index is 9.69. The highest BCUT2D eigenvalue weighted by Gasteiger charge is 2.51. The first-order chi connectivity index (χ1) is 8.02. The van der Waals surface area contributed by atoms with Crippen molar-refractivity contribution in [1.82, 2.24) is 0 Å². The molecular weight excluding hydrogens is 252 g/mol. The summed E-state index contributed by atoms with van der Waals surface area (Å²) in [4.78, 5) is 19.4. The minimum atomic E-state index is -3.46. The van der Waals surface area contributed by atoms with E-state index in [1.807, 2.05) is 0 Å². The van der Waals surface area contributed by atoms with Crippen LogP contribution in [0.1, 0.15) is 44.9 Å². The van der Waals surface area contributed by atoms with E-state index < -0.39 is 17.4 Å². The molecule has 17 heavy (non-hydrogen) atoms. The Labute approximate surface area is 106 Å². The molecule has 0 aromatic carbocycles. The van der Waals surface area contributed by atoms with E-state index in [0.717, 1.165) is 38.3 Å². The molecule has 1 heterocycles. The molecule has 1 saturated carbocycles. The summed E-state index contributed by atoms with van der Waals surface area (Å²) in [6.07, 6.45) is 8.27. The zero-order valence-electron chi connectivity index (χ0n) is 10.7. The topological polar surface area (TPSA) is 58.9 Å². The first-order valence-electron chi connectivity index (χ1n) is 6.81. The Hall–Kier alpha value is 0.274. The highest BCUT2D eigenvalue weighted by Crippen LogP contribution is 2.43. The van der Waals surface area contributed by atoms with E-state index in [1.54, 1.807) is 0 Å². The lowest BCUT2D eigenvalue weighted by Crippen LogP contribution is -2.57. The van der Waals surface area contributed by atoms with Gasteiger partial charge in [-0.1, -0.05) is 19.3 Å². The second-order valence-electron chi connectivity index (χ2n) is 5.49. The summed E-state index contributed by atoms with van der Waals surface area (Å²) in [6.45, 7) is 2.18. The number of hydrogen-bond donors (Lipinski definition) is 2. The van der Waals surface area contributed by atoms with Gasteiger partial charge in [0.2, 0.25) is 0 Å². The van der Waals surface area contributed by atoms with Crippen LogP contribution in [0, 0.1) is 0 Å². The zero-order valence-corrected chi connectivity index (χ0v) is 12.7. The Morgan fingerprint density at radius 1 is 1.12 bits per heavy atom. The molecule has 0 bridgehead atoms. The zero-order chi connectivity index (χ0) is 12.4. The lowest BCUT2D eigenvalue weighted by molar-refractivity contribution is 0.144. The maximum absolute atomic E-state index is 9.69. The van der Waals surface area contributed by atoms with Gasteiger partial charge in [0, 0.05) is 18.7 Å². The highest BCUT2D eigenvalue weighted by molar-refractivity contribution is 6.78. The van der Waals surface area contributed by atoms with Crippen LogP contribution in [0.15, 0.2) is 0 Å². The molecular formula is C11H24O4Si2. The predicted molar refractivity (Wildman–Crippen MR) is 69.7 cm³/mol. The van der Waals surface area contributed by atoms with Gasteiger partial charge in [-0.3, -0.25) is 0 Å². The Kier molecular flexibility index (Phi) is 4.43. The van der Waals surface area contributed by atoms with E-state index in [0.29, 0.717) is 5.54 Å². The first kappa shape index (κ1) is 13.7. The summed E-state index contributed by atoms with van der Waals surface area (Å²) >= 11 is 0. The fourth-order valence-electron chi connectivity index (χ4n) is 3.15. The quantitative estimate of drug-likeness (QED) is 0.776. The number of hydrogen-bond acceptors (Lipinski definition) is 4. The molecule has 1 unspecified atom stereocenters. The van der Waals surface area contributed by atoms with Crippen LogP contribution in [0.4, 0.5) is 0 Å². The molecule has 0 aromatic rings. The van der Waals surface area contributed by atoms with Crippen molar-refractivity contribution in [3.63, 3.8) is 0 Å². The van der Waals surface area contributed by atoms with Crippen LogP contribution >= 0.6 is 0 Å². The molecule has 0 spiro atoms. The molecule has 1 atom stereocenters. The van der Waals surface area contributed by atoms with E-state index in [-0.39, 0.29) is 0 Å². The fourth-order valence-corrected chi connectivity index (χ4v) is 10.4. The van der Waals surface area contributed by atoms with E-state index in [2.05, 4.69) is 0 Å². The van der Waals surface area contributed by atoms with Gasteiger partial charge >= 0.3 is 17.4 Å². The predicted octanol–water partition coefficient (Wildman–Crippen LogP) is 2.14. The van der Waals surface area contributed by atoms with Crippen LogP contribution in [0.25, 0.3) is 0 Å². The molecule has 1 saturated heterocycles. The molecule has 100 valence electrons. The van der Waals surface area contributed by atoms with Crippen molar-refractivity contribution in [2.75, 3.05) is 6.61 Å². The molecule has 4 nitrogen and oxygen atoms in total. The van der Waals surface area contributed by atoms with E-state index in [4.69, 9.17) is 8.54 Å². The van der Waals surface area contributed by atoms with E-state index in [1.165, 1.54) is 25.8 Å². The van der Waals surface area contributed by atoms with E-state index in [9.17, 15) is 9.59 Å². The van der Waals surface area contributed by atoms with Crippen LogP contribution in [-0.2, 0) is 8.54 Å². The molecule has 1 aliphatic carbocycles. The van der Waals surface area contributed by atoms with Crippen molar-refractivity contribution >= 4 is 17.4 Å². The fraction of sp³-hybridized carbons (Fsp3) is 1.00. The van der Waals surface area contributed by atoms with Gasteiger partial charge in [-0.05, 0) is 31.7 Å². The van der Waals surface area contributed by atoms with Crippen LogP contribution in [0.5, 0.6) is 0 Å². The van der Waals surface area contributed by atoms with Gasteiger partial charge in [-0.25, -0.2) is 0 Å². The van der Waals surface area contributed by atoms with Crippen molar-refractivity contribution in [2.24, 2.45) is 0 Å². The Balaban J connectivity index is 2.10. The number of rotatable bonds is 3. The molecule has 1 aliphatic heterocycles.